The summed E-state index contributed by atoms with van der Waals surface area (Å²) in [6.07, 6.45) is 1.27. The second-order valence-corrected chi connectivity index (χ2v) is 10.2. The highest BCUT2D eigenvalue weighted by molar-refractivity contribution is 7.77. The van der Waals surface area contributed by atoms with Crippen LogP contribution in [0.15, 0.2) is 82.3 Å². The number of nitrogens with two attached hydrogens (primary N) is 1. The van der Waals surface area contributed by atoms with E-state index in [1.165, 1.54) is 41.3 Å². The quantitative estimate of drug-likeness (QED) is 0.257. The summed E-state index contributed by atoms with van der Waals surface area (Å²) in [5, 5.41) is 4.96. The fourth-order valence-electron chi connectivity index (χ4n) is 4.98. The predicted octanol–water partition coefficient (Wildman–Crippen LogP) is 4.62. The molecule has 3 aromatic carbocycles. The van der Waals surface area contributed by atoms with E-state index in [1.807, 2.05) is 0 Å². The smallest absolute Gasteiger partial charge is 0.203 e. The van der Waals surface area contributed by atoms with Crippen molar-refractivity contribution in [3.8, 4) is 22.4 Å². The van der Waals surface area contributed by atoms with Crippen molar-refractivity contribution in [1.82, 2.24) is 24.5 Å². The van der Waals surface area contributed by atoms with Crippen molar-refractivity contribution in [2.75, 3.05) is 5.73 Å². The Morgan fingerprint density at radius 1 is 1.05 bits per heavy atom. The molecule has 0 saturated heterocycles. The second-order valence-electron chi connectivity index (χ2n) is 9.48. The molecule has 0 fully saturated rings. The van der Waals surface area contributed by atoms with Gasteiger partial charge in [0, 0.05) is 23.4 Å². The van der Waals surface area contributed by atoms with Gasteiger partial charge in [-0.15, -0.1) is 0 Å². The molecule has 13 heteroatoms. The van der Waals surface area contributed by atoms with Crippen molar-refractivity contribution in [1.29, 1.82) is 0 Å². The van der Waals surface area contributed by atoms with E-state index in [2.05, 4.69) is 14.7 Å². The maximum absolute atomic E-state index is 14.8. The van der Waals surface area contributed by atoms with Crippen LogP contribution in [0.25, 0.3) is 44.4 Å². The van der Waals surface area contributed by atoms with Gasteiger partial charge in [-0.05, 0) is 48.4 Å². The van der Waals surface area contributed by atoms with Gasteiger partial charge >= 0.3 is 0 Å². The number of hydrogen-bond acceptors (Lipinski definition) is 8. The summed E-state index contributed by atoms with van der Waals surface area (Å²) in [5.74, 6) is -1.10. The van der Waals surface area contributed by atoms with Crippen LogP contribution < -0.4 is 15.9 Å². The number of rotatable bonds is 7. The molecule has 0 spiro atoms. The SMILES string of the molecule is CC(c1oc2cccc(F)c2c(=O)c1-c1cccc(F)c1)n1nc(-c2cccc(CNS(=O)[O-])c2)c2c(N)ncnc21. The third kappa shape index (κ3) is 4.83. The van der Waals surface area contributed by atoms with Crippen molar-refractivity contribution in [3.05, 3.63) is 106 Å². The van der Waals surface area contributed by atoms with Crippen molar-refractivity contribution in [3.63, 3.8) is 0 Å². The molecule has 0 aliphatic carbocycles. The highest BCUT2D eigenvalue weighted by atomic mass is 32.2. The van der Waals surface area contributed by atoms with Crippen molar-refractivity contribution < 1.29 is 22.0 Å². The first-order chi connectivity index (χ1) is 20.2. The molecule has 2 unspecified atom stereocenters. The third-order valence-corrected chi connectivity index (χ3v) is 7.25. The average Bonchev–Trinajstić information content (AvgIpc) is 3.37. The first-order valence-corrected chi connectivity index (χ1v) is 13.7. The minimum atomic E-state index is -2.44. The largest absolute Gasteiger partial charge is 0.760 e. The van der Waals surface area contributed by atoms with Crippen LogP contribution >= 0.6 is 0 Å². The predicted molar refractivity (Wildman–Crippen MR) is 153 cm³/mol. The van der Waals surface area contributed by atoms with E-state index >= 15 is 0 Å². The Labute approximate surface area is 239 Å². The van der Waals surface area contributed by atoms with Gasteiger partial charge in [-0.25, -0.2) is 28.2 Å². The zero-order valence-corrected chi connectivity index (χ0v) is 22.7. The molecule has 0 aliphatic rings. The van der Waals surface area contributed by atoms with Crippen molar-refractivity contribution in [2.45, 2.75) is 19.5 Å². The van der Waals surface area contributed by atoms with Crippen LogP contribution in [-0.2, 0) is 17.8 Å². The van der Waals surface area contributed by atoms with E-state index in [-0.39, 0.29) is 40.2 Å². The van der Waals surface area contributed by atoms with Crippen molar-refractivity contribution >= 4 is 39.1 Å². The molecular formula is C29H21F2N6O4S-. The fraction of sp³-hybridized carbons (Fsp3) is 0.103. The van der Waals surface area contributed by atoms with Gasteiger partial charge in [-0.2, -0.15) is 5.10 Å². The maximum atomic E-state index is 14.8. The number of hydrogen-bond donors (Lipinski definition) is 2. The molecule has 3 heterocycles. The van der Waals surface area contributed by atoms with Gasteiger partial charge in [-0.1, -0.05) is 36.4 Å². The van der Waals surface area contributed by atoms with E-state index < -0.39 is 34.4 Å². The van der Waals surface area contributed by atoms with E-state index in [0.29, 0.717) is 27.9 Å². The summed E-state index contributed by atoms with van der Waals surface area (Å²) in [7, 11) is 0. The highest BCUT2D eigenvalue weighted by Crippen LogP contribution is 2.36. The number of nitrogens with one attached hydrogen (secondary N) is 1. The van der Waals surface area contributed by atoms with E-state index in [0.717, 1.165) is 6.07 Å². The monoisotopic (exact) mass is 587 g/mol. The highest BCUT2D eigenvalue weighted by Gasteiger charge is 2.28. The summed E-state index contributed by atoms with van der Waals surface area (Å²) in [6.45, 7) is 1.77. The van der Waals surface area contributed by atoms with Gasteiger partial charge in [0.15, 0.2) is 5.65 Å². The van der Waals surface area contributed by atoms with Gasteiger partial charge in [0.25, 0.3) is 0 Å². The minimum Gasteiger partial charge on any atom is -0.760 e. The van der Waals surface area contributed by atoms with Gasteiger partial charge in [0.1, 0.15) is 52.2 Å². The molecule has 2 atom stereocenters. The second kappa shape index (κ2) is 10.9. The first-order valence-electron chi connectivity index (χ1n) is 12.6. The number of fused-ring (bicyclic) bond motifs is 2. The van der Waals surface area contributed by atoms with Crippen LogP contribution in [0, 0.1) is 11.6 Å². The molecule has 0 aliphatic heterocycles. The first kappa shape index (κ1) is 27.3. The molecule has 3 N–H and O–H groups in total. The molecule has 0 bridgehead atoms. The molecule has 0 saturated carbocycles. The van der Waals surface area contributed by atoms with Gasteiger partial charge in [0.05, 0.1) is 10.9 Å². The lowest BCUT2D eigenvalue weighted by molar-refractivity contribution is 0.445. The van der Waals surface area contributed by atoms with E-state index in [1.54, 1.807) is 37.3 Å². The summed E-state index contributed by atoms with van der Waals surface area (Å²) in [5.41, 5.74) is 7.82. The van der Waals surface area contributed by atoms with Gasteiger partial charge in [-0.3, -0.25) is 9.00 Å². The number of aromatic nitrogens is 4. The molecule has 10 nitrogen and oxygen atoms in total. The van der Waals surface area contributed by atoms with E-state index in [9.17, 15) is 22.3 Å². The summed E-state index contributed by atoms with van der Waals surface area (Å²) < 4.78 is 61.2. The Morgan fingerprint density at radius 2 is 1.81 bits per heavy atom. The zero-order valence-electron chi connectivity index (χ0n) is 21.9. The lowest BCUT2D eigenvalue weighted by atomic mass is 9.99. The number of benzene rings is 3. The molecule has 42 heavy (non-hydrogen) atoms. The van der Waals surface area contributed by atoms with Crippen LogP contribution in [0.4, 0.5) is 14.6 Å². The lowest BCUT2D eigenvalue weighted by Crippen LogP contribution is -2.17. The Kier molecular flexibility index (Phi) is 7.06. The third-order valence-electron chi connectivity index (χ3n) is 6.87. The Balaban J connectivity index is 1.59. The molecule has 212 valence electrons. The summed E-state index contributed by atoms with van der Waals surface area (Å²) in [4.78, 5) is 22.3. The molecule has 0 amide bonds. The molecular weight excluding hydrogens is 566 g/mol. The minimum absolute atomic E-state index is 0.0174. The number of anilines is 1. The zero-order chi connectivity index (χ0) is 29.5. The Bertz CT molecular complexity index is 2080. The topological polar surface area (TPSA) is 152 Å². The lowest BCUT2D eigenvalue weighted by Gasteiger charge is -2.17. The number of halogens is 2. The standard InChI is InChI=1S/C29H22F2N6O4S/c1-15(27-22(17-6-3-8-19(30)12-17)26(38)23-20(31)9-4-10-21(23)41-27)37-29-24(28(32)33-14-34-29)25(36-37)18-7-2-5-16(11-18)13-35-42(39)40/h2-12,14-15,35H,13H2,1H3,(H,39,40)(H2,32,33,34)/p-1. The van der Waals surface area contributed by atoms with Gasteiger partial charge < -0.3 is 14.7 Å². The van der Waals surface area contributed by atoms with Crippen molar-refractivity contribution in [2.24, 2.45) is 0 Å². The molecule has 3 aromatic heterocycles. The number of nitrogen functional groups attached to an aromatic ring is 1. The Hall–Kier alpha value is -4.85. The molecule has 0 radical (unpaired) electrons. The maximum Gasteiger partial charge on any atom is 0.203 e. The van der Waals surface area contributed by atoms with Crippen LogP contribution in [0.5, 0.6) is 0 Å². The van der Waals surface area contributed by atoms with E-state index in [4.69, 9.17) is 15.2 Å². The summed E-state index contributed by atoms with van der Waals surface area (Å²) in [6, 6.07) is 15.7. The van der Waals surface area contributed by atoms with Gasteiger partial charge in [0.2, 0.25) is 5.43 Å². The van der Waals surface area contributed by atoms with Crippen LogP contribution in [0.2, 0.25) is 0 Å². The fourth-order valence-corrected chi connectivity index (χ4v) is 5.26. The summed E-state index contributed by atoms with van der Waals surface area (Å²) >= 11 is -2.44. The average molecular weight is 588 g/mol. The van der Waals surface area contributed by atoms with Crippen LogP contribution in [-0.4, -0.2) is 28.5 Å². The molecule has 6 aromatic rings. The number of nitrogens with zero attached hydrogens (tertiary/aromatic N) is 4. The van der Waals surface area contributed by atoms with Crippen LogP contribution in [0.1, 0.15) is 24.3 Å². The normalized spacial score (nSPS) is 13.0. The Morgan fingerprint density at radius 3 is 2.60 bits per heavy atom. The van der Waals surface area contributed by atoms with Crippen LogP contribution in [0.3, 0.4) is 0 Å². The molecule has 6 rings (SSSR count).